The van der Waals surface area contributed by atoms with Crippen molar-refractivity contribution in [2.45, 2.75) is 39.7 Å². The van der Waals surface area contributed by atoms with Gasteiger partial charge in [-0.3, -0.25) is 14.5 Å². The Labute approximate surface area is 195 Å². The smallest absolute Gasteiger partial charge is 0.409 e. The van der Waals surface area contributed by atoms with Gasteiger partial charge in [-0.1, -0.05) is 18.2 Å². The van der Waals surface area contributed by atoms with Crippen molar-refractivity contribution in [3.05, 3.63) is 40.6 Å². The average Bonchev–Trinajstić information content (AvgIpc) is 3.06. The summed E-state index contributed by atoms with van der Waals surface area (Å²) in [5.41, 5.74) is 4.10. The van der Waals surface area contributed by atoms with E-state index < -0.39 is 0 Å². The number of nitrogens with zero attached hydrogens (tertiary/aromatic N) is 4. The van der Waals surface area contributed by atoms with Crippen molar-refractivity contribution in [3.8, 4) is 0 Å². The molecule has 4 rings (SSSR count). The van der Waals surface area contributed by atoms with Crippen LogP contribution in [0.4, 0.5) is 4.79 Å². The van der Waals surface area contributed by atoms with Crippen LogP contribution in [0, 0.1) is 13.8 Å². The van der Waals surface area contributed by atoms with Gasteiger partial charge in [0.15, 0.2) is 0 Å². The summed E-state index contributed by atoms with van der Waals surface area (Å²) < 4.78 is 5.11. The van der Waals surface area contributed by atoms with E-state index in [9.17, 15) is 14.4 Å². The van der Waals surface area contributed by atoms with Gasteiger partial charge in [-0.2, -0.15) is 0 Å². The van der Waals surface area contributed by atoms with Crippen molar-refractivity contribution < 1.29 is 19.1 Å². The summed E-state index contributed by atoms with van der Waals surface area (Å²) in [6, 6.07) is 5.75. The van der Waals surface area contributed by atoms with Crippen LogP contribution in [-0.2, 0) is 14.3 Å². The molecule has 0 bridgehead atoms. The van der Waals surface area contributed by atoms with Crippen molar-refractivity contribution in [1.29, 1.82) is 0 Å². The highest BCUT2D eigenvalue weighted by molar-refractivity contribution is 6.35. The predicted octanol–water partition coefficient (Wildman–Crippen LogP) is 2.25. The number of likely N-dealkylation sites (N-methyl/N-ethyl adjacent to an activating group) is 1. The topological polar surface area (TPSA) is 73.4 Å². The van der Waals surface area contributed by atoms with E-state index in [1.54, 1.807) is 11.8 Å². The lowest BCUT2D eigenvalue weighted by atomic mass is 9.98. The Morgan fingerprint density at radius 2 is 1.64 bits per heavy atom. The number of likely N-dealkylation sites (tertiary alicyclic amines) is 1. The summed E-state index contributed by atoms with van der Waals surface area (Å²) in [5.74, 6) is -0.417. The molecule has 3 amide bonds. The molecule has 0 aromatic heterocycles. The number of amides is 3. The highest BCUT2D eigenvalue weighted by atomic mass is 16.6. The summed E-state index contributed by atoms with van der Waals surface area (Å²) in [4.78, 5) is 47.0. The lowest BCUT2D eigenvalue weighted by molar-refractivity contribution is -0.141. The van der Waals surface area contributed by atoms with Gasteiger partial charge in [0, 0.05) is 45.3 Å². The van der Waals surface area contributed by atoms with Gasteiger partial charge in [0.1, 0.15) is 5.70 Å². The quantitative estimate of drug-likeness (QED) is 0.650. The van der Waals surface area contributed by atoms with Gasteiger partial charge in [-0.25, -0.2) is 4.79 Å². The molecule has 2 saturated heterocycles. The van der Waals surface area contributed by atoms with Crippen molar-refractivity contribution in [2.24, 2.45) is 0 Å². The van der Waals surface area contributed by atoms with E-state index in [0.717, 1.165) is 29.8 Å². The molecule has 1 aromatic carbocycles. The lowest BCUT2D eigenvalue weighted by Crippen LogP contribution is -2.50. The minimum atomic E-state index is -0.331. The van der Waals surface area contributed by atoms with Crippen molar-refractivity contribution in [3.63, 3.8) is 0 Å². The summed E-state index contributed by atoms with van der Waals surface area (Å²) >= 11 is 0. The SMILES string of the molecule is CCOC(=O)N1CCC(N2C(=O)C(c3ccc(C)c(C)c3)=C(N3CCN(C)CC3)C2=O)CC1. The van der Waals surface area contributed by atoms with Gasteiger partial charge < -0.3 is 19.4 Å². The fourth-order valence-electron chi connectivity index (χ4n) is 4.87. The molecule has 3 aliphatic heterocycles. The number of piperazine rings is 1. The Hall–Kier alpha value is -2.87. The van der Waals surface area contributed by atoms with Gasteiger partial charge in [0.2, 0.25) is 0 Å². The third-order valence-electron chi connectivity index (χ3n) is 7.06. The number of carbonyl (C=O) groups is 3. The molecular weight excluding hydrogens is 420 g/mol. The molecule has 8 heteroatoms. The molecule has 2 fully saturated rings. The van der Waals surface area contributed by atoms with Gasteiger partial charge >= 0.3 is 6.09 Å². The number of imide groups is 1. The summed E-state index contributed by atoms with van der Waals surface area (Å²) in [6.07, 6.45) is 0.793. The second-order valence-corrected chi connectivity index (χ2v) is 9.21. The average molecular weight is 455 g/mol. The van der Waals surface area contributed by atoms with Gasteiger partial charge in [-0.15, -0.1) is 0 Å². The summed E-state index contributed by atoms with van der Waals surface area (Å²) in [6.45, 7) is 10.3. The number of benzene rings is 1. The van der Waals surface area contributed by atoms with E-state index in [1.807, 2.05) is 32.0 Å². The first-order chi connectivity index (χ1) is 15.8. The van der Waals surface area contributed by atoms with E-state index >= 15 is 0 Å². The van der Waals surface area contributed by atoms with E-state index in [4.69, 9.17) is 4.74 Å². The monoisotopic (exact) mass is 454 g/mol. The van der Waals surface area contributed by atoms with Crippen LogP contribution in [0.5, 0.6) is 0 Å². The normalized spacial score (nSPS) is 20.8. The Morgan fingerprint density at radius 1 is 0.970 bits per heavy atom. The highest BCUT2D eigenvalue weighted by Crippen LogP contribution is 2.36. The molecule has 0 N–H and O–H groups in total. The number of piperidine rings is 1. The first-order valence-electron chi connectivity index (χ1n) is 11.9. The van der Waals surface area contributed by atoms with Gasteiger partial charge in [-0.05, 0) is 57.4 Å². The Morgan fingerprint density at radius 3 is 2.24 bits per heavy atom. The molecule has 0 unspecified atom stereocenters. The number of ether oxygens (including phenoxy) is 1. The van der Waals surface area contributed by atoms with Crippen LogP contribution in [0.3, 0.4) is 0 Å². The Balaban J connectivity index is 1.62. The van der Waals surface area contributed by atoms with E-state index in [-0.39, 0.29) is 23.9 Å². The molecule has 0 spiro atoms. The highest BCUT2D eigenvalue weighted by Gasteiger charge is 2.46. The van der Waals surface area contributed by atoms with Gasteiger partial charge in [0.25, 0.3) is 11.8 Å². The van der Waals surface area contributed by atoms with E-state index in [2.05, 4.69) is 16.8 Å². The second-order valence-electron chi connectivity index (χ2n) is 9.21. The number of hydrogen-bond donors (Lipinski definition) is 0. The minimum absolute atomic E-state index is 0.202. The number of rotatable bonds is 4. The second kappa shape index (κ2) is 9.55. The molecule has 0 aliphatic carbocycles. The molecule has 3 heterocycles. The molecule has 0 atom stereocenters. The minimum Gasteiger partial charge on any atom is -0.450 e. The number of aryl methyl sites for hydroxylation is 2. The van der Waals surface area contributed by atoms with Crippen LogP contribution >= 0.6 is 0 Å². The fourth-order valence-corrected chi connectivity index (χ4v) is 4.87. The maximum Gasteiger partial charge on any atom is 0.409 e. The van der Waals surface area contributed by atoms with Crippen molar-refractivity contribution in [2.75, 3.05) is 52.9 Å². The Bertz CT molecular complexity index is 973. The molecule has 0 saturated carbocycles. The number of carbonyl (C=O) groups excluding carboxylic acids is 3. The van der Waals surface area contributed by atoms with Crippen LogP contribution in [0.25, 0.3) is 5.57 Å². The molecule has 0 radical (unpaired) electrons. The predicted molar refractivity (Wildman–Crippen MR) is 125 cm³/mol. The molecular formula is C25H34N4O4. The van der Waals surface area contributed by atoms with E-state index in [0.29, 0.717) is 56.9 Å². The standard InChI is InChI=1S/C25H34N4O4/c1-5-33-25(32)28-10-8-20(9-11-28)29-23(30)21(19-7-6-17(2)18(3)16-19)22(24(29)31)27-14-12-26(4)13-15-27/h6-7,16,20H,5,8-15H2,1-4H3. The van der Waals surface area contributed by atoms with Crippen LogP contribution in [0.1, 0.15) is 36.5 Å². The third kappa shape index (κ3) is 4.49. The maximum atomic E-state index is 13.8. The van der Waals surface area contributed by atoms with E-state index in [1.165, 1.54) is 4.90 Å². The molecule has 3 aliphatic rings. The largest absolute Gasteiger partial charge is 0.450 e. The maximum absolute atomic E-state index is 13.8. The van der Waals surface area contributed by atoms with Crippen LogP contribution < -0.4 is 0 Å². The molecule has 8 nitrogen and oxygen atoms in total. The summed E-state index contributed by atoms with van der Waals surface area (Å²) in [7, 11) is 2.07. The zero-order chi connectivity index (χ0) is 23.7. The zero-order valence-corrected chi connectivity index (χ0v) is 20.1. The zero-order valence-electron chi connectivity index (χ0n) is 20.1. The first-order valence-corrected chi connectivity index (χ1v) is 11.9. The molecule has 33 heavy (non-hydrogen) atoms. The number of hydrogen-bond acceptors (Lipinski definition) is 6. The van der Waals surface area contributed by atoms with Crippen LogP contribution in [-0.4, -0.2) is 96.5 Å². The van der Waals surface area contributed by atoms with Crippen LogP contribution in [0.2, 0.25) is 0 Å². The van der Waals surface area contributed by atoms with Crippen molar-refractivity contribution in [1.82, 2.24) is 19.6 Å². The first kappa shape index (κ1) is 23.3. The van der Waals surface area contributed by atoms with Crippen molar-refractivity contribution >= 4 is 23.5 Å². The fraction of sp³-hybridized carbons (Fsp3) is 0.560. The third-order valence-corrected chi connectivity index (χ3v) is 7.06. The molecule has 178 valence electrons. The van der Waals surface area contributed by atoms with Gasteiger partial charge in [0.05, 0.1) is 12.2 Å². The Kier molecular flexibility index (Phi) is 6.74. The van der Waals surface area contributed by atoms with Crippen LogP contribution in [0.15, 0.2) is 23.9 Å². The molecule has 1 aromatic rings. The summed E-state index contributed by atoms with van der Waals surface area (Å²) in [5, 5.41) is 0. The lowest BCUT2D eigenvalue weighted by Gasteiger charge is -2.37.